The Kier molecular flexibility index (Phi) is 10.5. The fourth-order valence-electron chi connectivity index (χ4n) is 4.82. The molecule has 0 aliphatic rings. The molecular formula is C33H32ClF3N2O3. The minimum atomic E-state index is -4.55. The van der Waals surface area contributed by atoms with Crippen molar-refractivity contribution in [1.29, 1.82) is 0 Å². The fraction of sp³-hybridized carbons (Fsp3) is 0.242. The molecule has 0 aliphatic carbocycles. The molecule has 0 saturated carbocycles. The molecule has 4 aromatic carbocycles. The van der Waals surface area contributed by atoms with E-state index in [1.807, 2.05) is 36.4 Å². The van der Waals surface area contributed by atoms with Crippen LogP contribution in [0.3, 0.4) is 0 Å². The molecule has 0 bridgehead atoms. The lowest BCUT2D eigenvalue weighted by Crippen LogP contribution is -2.31. The van der Waals surface area contributed by atoms with Crippen LogP contribution in [0.2, 0.25) is 5.02 Å². The predicted octanol–water partition coefficient (Wildman–Crippen LogP) is 7.57. The summed E-state index contributed by atoms with van der Waals surface area (Å²) in [5.41, 5.74) is 7.54. The Morgan fingerprint density at radius 1 is 0.905 bits per heavy atom. The lowest BCUT2D eigenvalue weighted by molar-refractivity contribution is -0.137. The van der Waals surface area contributed by atoms with Gasteiger partial charge in [-0.25, -0.2) is 0 Å². The van der Waals surface area contributed by atoms with Gasteiger partial charge in [0.15, 0.2) is 11.5 Å². The van der Waals surface area contributed by atoms with Gasteiger partial charge in [-0.15, -0.1) is 0 Å². The molecule has 1 amide bonds. The SMILES string of the molecule is COc1cc(C(N)=O)ccc1OCCCN(Cc1ccc(Cl)c(C(F)(F)F)c1)CC(c1ccccc1)c1ccccc1. The third-order valence-electron chi connectivity index (χ3n) is 6.91. The van der Waals surface area contributed by atoms with Gasteiger partial charge in [-0.2, -0.15) is 13.2 Å². The molecule has 4 aromatic rings. The number of hydrogen-bond acceptors (Lipinski definition) is 4. The second-order valence-corrected chi connectivity index (χ2v) is 10.3. The van der Waals surface area contributed by atoms with E-state index in [0.717, 1.165) is 17.2 Å². The molecule has 0 saturated heterocycles. The molecule has 0 fully saturated rings. The standard InChI is InChI=1S/C33H32ClF3N2O3/c1-41-31-20-26(32(38)40)14-16-30(31)42-18-8-17-39(21-23-13-15-29(34)28(19-23)33(35,36)37)22-27(24-9-4-2-5-10-24)25-11-6-3-7-12-25/h2-7,9-16,19-20,27H,8,17-18,21-22H2,1H3,(H2,38,40). The van der Waals surface area contributed by atoms with Gasteiger partial charge in [0, 0.05) is 31.1 Å². The van der Waals surface area contributed by atoms with Gasteiger partial charge in [0.2, 0.25) is 5.91 Å². The summed E-state index contributed by atoms with van der Waals surface area (Å²) in [5.74, 6) is 0.270. The van der Waals surface area contributed by atoms with E-state index in [-0.39, 0.29) is 17.5 Å². The molecule has 5 nitrogen and oxygen atoms in total. The van der Waals surface area contributed by atoms with Crippen molar-refractivity contribution in [2.45, 2.75) is 25.1 Å². The zero-order valence-corrected chi connectivity index (χ0v) is 23.9. The van der Waals surface area contributed by atoms with Crippen molar-refractivity contribution >= 4 is 17.5 Å². The Morgan fingerprint density at radius 2 is 1.55 bits per heavy atom. The minimum Gasteiger partial charge on any atom is -0.493 e. The fourth-order valence-corrected chi connectivity index (χ4v) is 5.05. The molecule has 9 heteroatoms. The quantitative estimate of drug-likeness (QED) is 0.162. The number of amides is 1. The third-order valence-corrected chi connectivity index (χ3v) is 7.24. The lowest BCUT2D eigenvalue weighted by atomic mass is 9.90. The number of methoxy groups -OCH3 is 1. The molecule has 0 atom stereocenters. The first kappa shape index (κ1) is 30.9. The van der Waals surface area contributed by atoms with Crippen LogP contribution in [0.25, 0.3) is 0 Å². The average molecular weight is 597 g/mol. The van der Waals surface area contributed by atoms with Gasteiger partial charge in [-0.3, -0.25) is 9.69 Å². The van der Waals surface area contributed by atoms with E-state index in [1.54, 1.807) is 18.2 Å². The molecule has 0 aliphatic heterocycles. The maximum atomic E-state index is 13.6. The van der Waals surface area contributed by atoms with Crippen molar-refractivity contribution < 1.29 is 27.4 Å². The molecule has 0 heterocycles. The second-order valence-electron chi connectivity index (χ2n) is 9.85. The van der Waals surface area contributed by atoms with Crippen LogP contribution in [-0.4, -0.2) is 37.6 Å². The van der Waals surface area contributed by atoms with Crippen LogP contribution >= 0.6 is 11.6 Å². The Bertz CT molecular complexity index is 1430. The predicted molar refractivity (Wildman–Crippen MR) is 158 cm³/mol. The van der Waals surface area contributed by atoms with Crippen molar-refractivity contribution in [2.75, 3.05) is 26.8 Å². The zero-order chi connectivity index (χ0) is 30.1. The van der Waals surface area contributed by atoms with Crippen molar-refractivity contribution in [3.8, 4) is 11.5 Å². The number of hydrogen-bond donors (Lipinski definition) is 1. The van der Waals surface area contributed by atoms with Crippen LogP contribution in [0.1, 0.15) is 45.0 Å². The number of alkyl halides is 3. The van der Waals surface area contributed by atoms with Gasteiger partial charge in [0.25, 0.3) is 0 Å². The van der Waals surface area contributed by atoms with Crippen LogP contribution in [-0.2, 0) is 12.7 Å². The lowest BCUT2D eigenvalue weighted by Gasteiger charge is -2.29. The maximum absolute atomic E-state index is 13.6. The first-order chi connectivity index (χ1) is 20.2. The number of carbonyl (C=O) groups is 1. The highest BCUT2D eigenvalue weighted by atomic mass is 35.5. The van der Waals surface area contributed by atoms with Gasteiger partial charge in [-0.05, 0) is 53.4 Å². The molecule has 0 radical (unpaired) electrons. The van der Waals surface area contributed by atoms with Gasteiger partial charge in [0.05, 0.1) is 24.3 Å². The van der Waals surface area contributed by atoms with Crippen molar-refractivity contribution in [2.24, 2.45) is 5.73 Å². The number of carbonyl (C=O) groups excluding carboxylic acids is 1. The van der Waals surface area contributed by atoms with E-state index in [1.165, 1.54) is 19.2 Å². The number of ether oxygens (including phenoxy) is 2. The van der Waals surface area contributed by atoms with Crippen molar-refractivity contribution in [3.63, 3.8) is 0 Å². The second kappa shape index (κ2) is 14.2. The van der Waals surface area contributed by atoms with Crippen LogP contribution in [0.5, 0.6) is 11.5 Å². The molecule has 4 rings (SSSR count). The third kappa shape index (κ3) is 8.27. The van der Waals surface area contributed by atoms with E-state index >= 15 is 0 Å². The Labute approximate surface area is 248 Å². The normalized spacial score (nSPS) is 11.6. The molecule has 0 unspecified atom stereocenters. The van der Waals surface area contributed by atoms with Crippen molar-refractivity contribution in [3.05, 3.63) is 130 Å². The highest BCUT2D eigenvalue weighted by Gasteiger charge is 2.33. The first-order valence-corrected chi connectivity index (χ1v) is 13.8. The minimum absolute atomic E-state index is 0.0101. The van der Waals surface area contributed by atoms with Crippen LogP contribution < -0.4 is 15.2 Å². The smallest absolute Gasteiger partial charge is 0.417 e. The number of rotatable bonds is 13. The number of nitrogens with two attached hydrogens (primary N) is 1. The molecule has 0 aromatic heterocycles. The van der Waals surface area contributed by atoms with E-state index in [9.17, 15) is 18.0 Å². The van der Waals surface area contributed by atoms with Gasteiger partial charge in [-0.1, -0.05) is 78.3 Å². The molecule has 220 valence electrons. The van der Waals surface area contributed by atoms with Gasteiger partial charge < -0.3 is 15.2 Å². The summed E-state index contributed by atoms with van der Waals surface area (Å²) in [7, 11) is 1.48. The van der Waals surface area contributed by atoms with Gasteiger partial charge in [0.1, 0.15) is 0 Å². The Morgan fingerprint density at radius 3 is 2.12 bits per heavy atom. The van der Waals surface area contributed by atoms with E-state index in [4.69, 9.17) is 26.8 Å². The average Bonchev–Trinajstić information content (AvgIpc) is 2.99. The Balaban J connectivity index is 1.55. The van der Waals surface area contributed by atoms with E-state index in [2.05, 4.69) is 29.2 Å². The summed E-state index contributed by atoms with van der Waals surface area (Å²) >= 11 is 5.89. The molecule has 42 heavy (non-hydrogen) atoms. The van der Waals surface area contributed by atoms with E-state index in [0.29, 0.717) is 48.7 Å². The summed E-state index contributed by atoms with van der Waals surface area (Å²) in [6.45, 7) is 1.71. The molecule has 2 N–H and O–H groups in total. The van der Waals surface area contributed by atoms with E-state index < -0.39 is 17.6 Å². The zero-order valence-electron chi connectivity index (χ0n) is 23.1. The summed E-state index contributed by atoms with van der Waals surface area (Å²) < 4.78 is 52.1. The van der Waals surface area contributed by atoms with Crippen molar-refractivity contribution in [1.82, 2.24) is 4.90 Å². The largest absolute Gasteiger partial charge is 0.493 e. The van der Waals surface area contributed by atoms with Crippen LogP contribution in [0.4, 0.5) is 13.2 Å². The summed E-state index contributed by atoms with van der Waals surface area (Å²) in [4.78, 5) is 13.6. The van der Waals surface area contributed by atoms with Crippen LogP contribution in [0, 0.1) is 0 Å². The highest BCUT2D eigenvalue weighted by molar-refractivity contribution is 6.31. The summed E-state index contributed by atoms with van der Waals surface area (Å²) in [5, 5.41) is -0.325. The monoisotopic (exact) mass is 596 g/mol. The van der Waals surface area contributed by atoms with Gasteiger partial charge >= 0.3 is 6.18 Å². The number of nitrogens with zero attached hydrogens (tertiary/aromatic N) is 1. The van der Waals surface area contributed by atoms with Crippen LogP contribution in [0.15, 0.2) is 97.1 Å². The Hall–Kier alpha value is -4.01. The molecule has 0 spiro atoms. The number of halogens is 4. The first-order valence-electron chi connectivity index (χ1n) is 13.4. The highest BCUT2D eigenvalue weighted by Crippen LogP contribution is 2.36. The summed E-state index contributed by atoms with van der Waals surface area (Å²) in [6.07, 6.45) is -3.97. The molecular weight excluding hydrogens is 565 g/mol. The maximum Gasteiger partial charge on any atom is 0.417 e. The number of primary amides is 1. The summed E-state index contributed by atoms with van der Waals surface area (Å²) in [6, 6.07) is 28.8. The number of benzene rings is 4. The topological polar surface area (TPSA) is 64.8 Å².